The van der Waals surface area contributed by atoms with E-state index >= 15 is 0 Å². The highest BCUT2D eigenvalue weighted by Crippen LogP contribution is 2.25. The Hall–Kier alpha value is -0.610. The molecule has 4 heteroatoms. The van der Waals surface area contributed by atoms with Gasteiger partial charge in [-0.1, -0.05) is 39.9 Å². The molecule has 106 valence electrons. The molecule has 0 atom stereocenters. The molecule has 0 amide bonds. The maximum atomic E-state index is 5.69. The van der Waals surface area contributed by atoms with Crippen molar-refractivity contribution in [1.29, 1.82) is 0 Å². The van der Waals surface area contributed by atoms with Gasteiger partial charge in [0.1, 0.15) is 4.99 Å². The molecular weight excluding hydrogens is 320 g/mol. The van der Waals surface area contributed by atoms with Crippen molar-refractivity contribution in [3.8, 4) is 0 Å². The Morgan fingerprint density at radius 2 is 1.74 bits per heavy atom. The van der Waals surface area contributed by atoms with E-state index in [0.29, 0.717) is 16.8 Å². The molecule has 0 aliphatic heterocycles. The number of hydrogen-bond donors (Lipinski definition) is 1. The maximum absolute atomic E-state index is 5.69. The normalized spacial score (nSPS) is 11.1. The third-order valence-corrected chi connectivity index (χ3v) is 3.63. The fourth-order valence-electron chi connectivity index (χ4n) is 2.07. The second kappa shape index (κ2) is 7.25. The monoisotopic (exact) mass is 342 g/mol. The number of anilines is 1. The summed E-state index contributed by atoms with van der Waals surface area (Å²) in [5.74, 6) is 1.26. The molecule has 0 spiro atoms. The first-order valence-corrected chi connectivity index (χ1v) is 7.85. The molecule has 2 nitrogen and oxygen atoms in total. The molecule has 0 fully saturated rings. The van der Waals surface area contributed by atoms with Crippen molar-refractivity contribution in [2.24, 2.45) is 17.6 Å². The minimum atomic E-state index is 0.428. The van der Waals surface area contributed by atoms with Crippen LogP contribution in [0.2, 0.25) is 0 Å². The quantitative estimate of drug-likeness (QED) is 0.785. The van der Waals surface area contributed by atoms with E-state index in [0.717, 1.165) is 23.1 Å². The van der Waals surface area contributed by atoms with Crippen LogP contribution in [0, 0.1) is 11.8 Å². The number of hydrogen-bond acceptors (Lipinski definition) is 2. The Bertz CT molecular complexity index is 434. The van der Waals surface area contributed by atoms with Gasteiger partial charge in [0.15, 0.2) is 0 Å². The number of nitrogens with two attached hydrogens (primary N) is 1. The lowest BCUT2D eigenvalue weighted by Crippen LogP contribution is -2.31. The van der Waals surface area contributed by atoms with Crippen LogP contribution < -0.4 is 10.6 Å². The standard InChI is InChI=1S/C15H23BrN2S/c1-10(2)8-18(9-11(3)4)12-5-6-13(15(17)19)14(16)7-12/h5-7,10-11H,8-9H2,1-4H3,(H2,17,19). The highest BCUT2D eigenvalue weighted by Gasteiger charge is 2.12. The van der Waals surface area contributed by atoms with E-state index in [1.54, 1.807) is 0 Å². The zero-order chi connectivity index (χ0) is 14.6. The lowest BCUT2D eigenvalue weighted by molar-refractivity contribution is 0.552. The van der Waals surface area contributed by atoms with Gasteiger partial charge in [0.05, 0.1) is 0 Å². The molecule has 1 rings (SSSR count). The van der Waals surface area contributed by atoms with Crippen LogP contribution in [0.25, 0.3) is 0 Å². The Kier molecular flexibility index (Phi) is 6.27. The van der Waals surface area contributed by atoms with Crippen LogP contribution in [-0.4, -0.2) is 18.1 Å². The summed E-state index contributed by atoms with van der Waals surface area (Å²) in [6.45, 7) is 11.1. The SMILES string of the molecule is CC(C)CN(CC(C)C)c1ccc(C(N)=S)c(Br)c1. The highest BCUT2D eigenvalue weighted by molar-refractivity contribution is 9.10. The van der Waals surface area contributed by atoms with Crippen molar-refractivity contribution in [2.75, 3.05) is 18.0 Å². The lowest BCUT2D eigenvalue weighted by Gasteiger charge is -2.29. The van der Waals surface area contributed by atoms with Crippen molar-refractivity contribution >= 4 is 38.8 Å². The zero-order valence-corrected chi connectivity index (χ0v) is 14.5. The van der Waals surface area contributed by atoms with Crippen LogP contribution in [0.15, 0.2) is 22.7 Å². The summed E-state index contributed by atoms with van der Waals surface area (Å²) >= 11 is 8.59. The third-order valence-electron chi connectivity index (χ3n) is 2.75. The molecule has 0 saturated carbocycles. The average molecular weight is 343 g/mol. The molecule has 0 aliphatic rings. The number of benzene rings is 1. The molecule has 1 aromatic rings. The van der Waals surface area contributed by atoms with E-state index in [9.17, 15) is 0 Å². The largest absolute Gasteiger partial charge is 0.389 e. The van der Waals surface area contributed by atoms with E-state index < -0.39 is 0 Å². The van der Waals surface area contributed by atoms with E-state index in [4.69, 9.17) is 18.0 Å². The summed E-state index contributed by atoms with van der Waals surface area (Å²) in [7, 11) is 0. The molecule has 0 aromatic heterocycles. The van der Waals surface area contributed by atoms with E-state index in [1.165, 1.54) is 5.69 Å². The summed E-state index contributed by atoms with van der Waals surface area (Å²) in [4.78, 5) is 2.85. The number of halogens is 1. The second-order valence-electron chi connectivity index (χ2n) is 5.72. The molecular formula is C15H23BrN2S. The van der Waals surface area contributed by atoms with Gasteiger partial charge in [-0.2, -0.15) is 0 Å². The summed E-state index contributed by atoms with van der Waals surface area (Å²) in [6.07, 6.45) is 0. The van der Waals surface area contributed by atoms with Gasteiger partial charge in [-0.15, -0.1) is 0 Å². The molecule has 19 heavy (non-hydrogen) atoms. The molecule has 0 saturated heterocycles. The fraction of sp³-hybridized carbons (Fsp3) is 0.533. The van der Waals surface area contributed by atoms with Gasteiger partial charge >= 0.3 is 0 Å². The molecule has 0 bridgehead atoms. The number of rotatable bonds is 6. The molecule has 0 heterocycles. The van der Waals surface area contributed by atoms with Crippen molar-refractivity contribution < 1.29 is 0 Å². The van der Waals surface area contributed by atoms with E-state index in [2.05, 4.69) is 60.7 Å². The Balaban J connectivity index is 3.02. The molecule has 0 unspecified atom stereocenters. The summed E-state index contributed by atoms with van der Waals surface area (Å²) in [5.41, 5.74) is 7.80. The Morgan fingerprint density at radius 3 is 2.11 bits per heavy atom. The van der Waals surface area contributed by atoms with Crippen LogP contribution in [-0.2, 0) is 0 Å². The molecule has 2 N–H and O–H groups in total. The van der Waals surface area contributed by atoms with Crippen molar-refractivity contribution in [1.82, 2.24) is 0 Å². The fourth-order valence-corrected chi connectivity index (χ4v) is 2.96. The van der Waals surface area contributed by atoms with Gasteiger partial charge in [-0.25, -0.2) is 0 Å². The topological polar surface area (TPSA) is 29.3 Å². The highest BCUT2D eigenvalue weighted by atomic mass is 79.9. The average Bonchev–Trinajstić information content (AvgIpc) is 2.26. The first kappa shape index (κ1) is 16.4. The van der Waals surface area contributed by atoms with Crippen molar-refractivity contribution in [3.63, 3.8) is 0 Å². The summed E-state index contributed by atoms with van der Waals surface area (Å²) < 4.78 is 0.968. The minimum Gasteiger partial charge on any atom is -0.389 e. The van der Waals surface area contributed by atoms with Gasteiger partial charge in [0, 0.05) is 28.8 Å². The van der Waals surface area contributed by atoms with Crippen LogP contribution in [0.5, 0.6) is 0 Å². The van der Waals surface area contributed by atoms with Gasteiger partial charge in [0.25, 0.3) is 0 Å². The van der Waals surface area contributed by atoms with E-state index in [-0.39, 0.29) is 0 Å². The Labute approximate surface area is 130 Å². The first-order chi connectivity index (χ1) is 8.81. The smallest absolute Gasteiger partial charge is 0.105 e. The first-order valence-electron chi connectivity index (χ1n) is 6.65. The van der Waals surface area contributed by atoms with Crippen LogP contribution >= 0.6 is 28.1 Å². The van der Waals surface area contributed by atoms with Gasteiger partial charge in [-0.3, -0.25) is 0 Å². The van der Waals surface area contributed by atoms with Crippen molar-refractivity contribution in [3.05, 3.63) is 28.2 Å². The van der Waals surface area contributed by atoms with Gasteiger partial charge < -0.3 is 10.6 Å². The predicted molar refractivity (Wildman–Crippen MR) is 91.9 cm³/mol. The van der Waals surface area contributed by atoms with Crippen LogP contribution in [0.4, 0.5) is 5.69 Å². The van der Waals surface area contributed by atoms with Crippen LogP contribution in [0.3, 0.4) is 0 Å². The summed E-state index contributed by atoms with van der Waals surface area (Å²) in [6, 6.07) is 6.21. The molecule has 1 aromatic carbocycles. The maximum Gasteiger partial charge on any atom is 0.105 e. The Morgan fingerprint density at radius 1 is 1.21 bits per heavy atom. The summed E-state index contributed by atoms with van der Waals surface area (Å²) in [5, 5.41) is 0. The second-order valence-corrected chi connectivity index (χ2v) is 7.02. The van der Waals surface area contributed by atoms with Crippen LogP contribution in [0.1, 0.15) is 33.3 Å². The number of thiocarbonyl (C=S) groups is 1. The van der Waals surface area contributed by atoms with Gasteiger partial charge in [-0.05, 0) is 46.0 Å². The van der Waals surface area contributed by atoms with Gasteiger partial charge in [0.2, 0.25) is 0 Å². The van der Waals surface area contributed by atoms with E-state index in [1.807, 2.05) is 6.07 Å². The molecule has 0 radical (unpaired) electrons. The molecule has 0 aliphatic carbocycles. The third kappa shape index (κ3) is 5.11. The zero-order valence-electron chi connectivity index (χ0n) is 12.1. The van der Waals surface area contributed by atoms with Crippen molar-refractivity contribution in [2.45, 2.75) is 27.7 Å². The minimum absolute atomic E-state index is 0.428. The predicted octanol–water partition coefficient (Wildman–Crippen LogP) is 4.20. The number of nitrogens with zero attached hydrogens (tertiary/aromatic N) is 1. The lowest BCUT2D eigenvalue weighted by atomic mass is 10.1.